The zero-order valence-corrected chi connectivity index (χ0v) is 33.4. The first kappa shape index (κ1) is 37.8. The van der Waals surface area contributed by atoms with Crippen molar-refractivity contribution in [1.82, 2.24) is 5.32 Å². The van der Waals surface area contributed by atoms with Crippen LogP contribution in [-0.4, -0.2) is 81.1 Å². The van der Waals surface area contributed by atoms with Crippen LogP contribution in [0.5, 0.6) is 0 Å². The molecule has 0 unspecified atom stereocenters. The molecule has 7 N–H and O–H groups in total. The zero-order chi connectivity index (χ0) is 38.1. The minimum Gasteiger partial charge on any atom is -0.396 e. The molecule has 300 valence electrons. The van der Waals surface area contributed by atoms with E-state index in [0.29, 0.717) is 50.1 Å². The summed E-state index contributed by atoms with van der Waals surface area (Å²) >= 11 is 0. The molecule has 9 nitrogen and oxygen atoms in total. The first-order chi connectivity index (χ1) is 25.7. The molecule has 9 heteroatoms. The molecule has 4 saturated carbocycles. The molecular weight excluding hydrogens is 681 g/mol. The lowest BCUT2D eigenvalue weighted by molar-refractivity contribution is -0.201. The normalized spacial score (nSPS) is 48.2. The van der Waals surface area contributed by atoms with Gasteiger partial charge in [-0.15, -0.1) is 0 Å². The Morgan fingerprint density at radius 2 is 1.81 bits per heavy atom. The van der Waals surface area contributed by atoms with Crippen molar-refractivity contribution in [3.63, 3.8) is 0 Å². The van der Waals surface area contributed by atoms with Gasteiger partial charge in [0.25, 0.3) is 0 Å². The van der Waals surface area contributed by atoms with Crippen molar-refractivity contribution >= 4 is 5.78 Å². The average Bonchev–Trinajstić information content (AvgIpc) is 3.72. The molecule has 3 aliphatic heterocycles. The standard InChI is InChI=1S/C45H68N2O7/c1-26-15-20-53-44(24-26,39-38(54-39)42(4,51)40(2,25-48)16-11-27-14-19-47-35(46)21-27)34-22-29-9-10-31-36-32(13-17-41(34,3)45(29,36)52)43(28-7-5-6-8-28)18-12-30(49)23-33(43)37(31)50/h14,21,26,28-30,32-34,38-39,47-49,51-52H,5-13,15-20,22-25,46H2,1-4H3/t26-,29+,30-,32-,33-,34-,38-,39-,40-,41+,42-,43-,44+,45+/m0/s1. The molecule has 0 radical (unpaired) electrons. The third-order valence-electron chi connectivity index (χ3n) is 18.3. The number of rotatable bonds is 9. The number of dihydropyridines is 1. The number of Topliss-reactive ketones (excluding diaryl/α,β-unsaturated/α-hetero) is 1. The number of nitrogens with two attached hydrogens (primary N) is 1. The SMILES string of the molecule is C[C@H]1CCO[C@]([C@H]2C[C@H]3CCC4=C5[C@H](CC[C@@]2(C)[C@]53O)[C@@]2(C3CCCC3)CC[C@H](O)C[C@H]2C4=O)([C@H]2O[C@@H]2[C@](C)(O)[C@](C)(CO)CCC2=CCNC(N)=C2)C1. The minimum absolute atomic E-state index is 0.0156. The Kier molecular flexibility index (Phi) is 9.01. The molecule has 0 bridgehead atoms. The van der Waals surface area contributed by atoms with Gasteiger partial charge in [0.2, 0.25) is 0 Å². The van der Waals surface area contributed by atoms with Gasteiger partial charge in [0, 0.05) is 29.9 Å². The quantitative estimate of drug-likeness (QED) is 0.165. The van der Waals surface area contributed by atoms with Gasteiger partial charge >= 0.3 is 0 Å². The van der Waals surface area contributed by atoms with Crippen LogP contribution >= 0.6 is 0 Å². The largest absolute Gasteiger partial charge is 0.396 e. The minimum atomic E-state index is -1.34. The fourth-order valence-electron chi connectivity index (χ4n) is 15.1. The number of ketones is 1. The summed E-state index contributed by atoms with van der Waals surface area (Å²) in [6, 6.07) is 0. The van der Waals surface area contributed by atoms with Gasteiger partial charge in [-0.25, -0.2) is 0 Å². The van der Waals surface area contributed by atoms with Crippen LogP contribution in [0.2, 0.25) is 0 Å². The smallest absolute Gasteiger partial charge is 0.162 e. The average molecular weight is 749 g/mol. The van der Waals surface area contributed by atoms with E-state index in [9.17, 15) is 25.2 Å². The zero-order valence-electron chi connectivity index (χ0n) is 33.4. The van der Waals surface area contributed by atoms with E-state index < -0.39 is 39.8 Å². The molecule has 2 saturated heterocycles. The van der Waals surface area contributed by atoms with Gasteiger partial charge in [0.15, 0.2) is 5.78 Å². The molecule has 0 aromatic carbocycles. The first-order valence-electron chi connectivity index (χ1n) is 21.9. The van der Waals surface area contributed by atoms with Gasteiger partial charge in [-0.05, 0) is 155 Å². The number of allylic oxidation sites excluding steroid dienone is 3. The van der Waals surface area contributed by atoms with E-state index in [2.05, 4.69) is 25.2 Å². The summed E-state index contributed by atoms with van der Waals surface area (Å²) < 4.78 is 13.9. The molecule has 9 rings (SSSR count). The van der Waals surface area contributed by atoms with E-state index in [1.807, 2.05) is 19.9 Å². The Morgan fingerprint density at radius 1 is 1.04 bits per heavy atom. The number of hydrogen-bond donors (Lipinski definition) is 6. The van der Waals surface area contributed by atoms with E-state index in [0.717, 1.165) is 87.3 Å². The van der Waals surface area contributed by atoms with Crippen LogP contribution < -0.4 is 11.1 Å². The van der Waals surface area contributed by atoms with Crippen molar-refractivity contribution in [3.8, 4) is 0 Å². The molecule has 0 spiro atoms. The molecule has 6 aliphatic carbocycles. The maximum atomic E-state index is 14.9. The molecule has 9 aliphatic rings. The highest BCUT2D eigenvalue weighted by atomic mass is 16.6. The van der Waals surface area contributed by atoms with Gasteiger partial charge in [-0.2, -0.15) is 0 Å². The highest BCUT2D eigenvalue weighted by Gasteiger charge is 2.78. The number of aliphatic hydroxyl groups is 4. The Bertz CT molecular complexity index is 1630. The molecule has 0 aromatic heterocycles. The van der Waals surface area contributed by atoms with Gasteiger partial charge in [-0.3, -0.25) is 4.79 Å². The number of carbonyl (C=O) groups excluding carboxylic acids is 1. The number of epoxide rings is 1. The Hall–Kier alpha value is -1.75. The Labute approximate surface area is 322 Å². The number of fused-ring (bicyclic) bond motifs is 2. The summed E-state index contributed by atoms with van der Waals surface area (Å²) in [6.45, 7) is 9.53. The second-order valence-electron chi connectivity index (χ2n) is 20.6. The Morgan fingerprint density at radius 3 is 2.54 bits per heavy atom. The summed E-state index contributed by atoms with van der Waals surface area (Å²) in [7, 11) is 0. The Balaban J connectivity index is 1.07. The summed E-state index contributed by atoms with van der Waals surface area (Å²) in [5.74, 6) is 1.81. The number of hydrogen-bond acceptors (Lipinski definition) is 9. The van der Waals surface area contributed by atoms with Crippen LogP contribution in [0.4, 0.5) is 0 Å². The predicted molar refractivity (Wildman–Crippen MR) is 206 cm³/mol. The van der Waals surface area contributed by atoms with Crippen LogP contribution in [0.15, 0.2) is 34.7 Å². The van der Waals surface area contributed by atoms with Crippen molar-refractivity contribution < 1.29 is 34.7 Å². The third kappa shape index (κ3) is 5.06. The van der Waals surface area contributed by atoms with E-state index >= 15 is 0 Å². The molecule has 6 fully saturated rings. The summed E-state index contributed by atoms with van der Waals surface area (Å²) in [6.07, 6.45) is 16.8. The topological polar surface area (TPSA) is 158 Å². The van der Waals surface area contributed by atoms with Crippen LogP contribution in [0.1, 0.15) is 130 Å². The fourth-order valence-corrected chi connectivity index (χ4v) is 15.1. The van der Waals surface area contributed by atoms with Crippen molar-refractivity contribution in [1.29, 1.82) is 0 Å². The van der Waals surface area contributed by atoms with Crippen LogP contribution in [0, 0.1) is 51.8 Å². The fraction of sp³-hybridized carbons (Fsp3) is 0.844. The number of aliphatic hydroxyl groups excluding tert-OH is 2. The molecule has 54 heavy (non-hydrogen) atoms. The van der Waals surface area contributed by atoms with Crippen molar-refractivity contribution in [3.05, 3.63) is 34.7 Å². The molecule has 3 heterocycles. The van der Waals surface area contributed by atoms with E-state index in [4.69, 9.17) is 15.2 Å². The van der Waals surface area contributed by atoms with E-state index in [1.54, 1.807) is 0 Å². The lowest BCUT2D eigenvalue weighted by Gasteiger charge is -2.65. The van der Waals surface area contributed by atoms with Crippen molar-refractivity contribution in [2.45, 2.75) is 166 Å². The number of nitrogens with one attached hydrogen (secondary N) is 1. The third-order valence-corrected chi connectivity index (χ3v) is 18.3. The summed E-state index contributed by atoms with van der Waals surface area (Å²) in [5.41, 5.74) is 4.50. The van der Waals surface area contributed by atoms with Gasteiger partial charge in [-0.1, -0.05) is 39.7 Å². The van der Waals surface area contributed by atoms with Crippen LogP contribution in [-0.2, 0) is 14.3 Å². The number of carbonyl (C=O) groups is 1. The van der Waals surface area contributed by atoms with Crippen molar-refractivity contribution in [2.24, 2.45) is 57.5 Å². The first-order valence-corrected chi connectivity index (χ1v) is 21.9. The van der Waals surface area contributed by atoms with Crippen molar-refractivity contribution in [2.75, 3.05) is 19.8 Å². The molecular formula is C45H68N2O7. The van der Waals surface area contributed by atoms with Gasteiger partial charge < -0.3 is 41.0 Å². The number of ether oxygens (including phenoxy) is 2. The lowest BCUT2D eigenvalue weighted by atomic mass is 9.40. The van der Waals surface area contributed by atoms with Crippen LogP contribution in [0.25, 0.3) is 0 Å². The maximum absolute atomic E-state index is 14.9. The monoisotopic (exact) mass is 749 g/mol. The second-order valence-corrected chi connectivity index (χ2v) is 20.6. The highest BCUT2D eigenvalue weighted by molar-refractivity contribution is 6.00. The molecule has 0 aromatic rings. The van der Waals surface area contributed by atoms with E-state index in [-0.39, 0.29) is 47.6 Å². The lowest BCUT2D eigenvalue weighted by Crippen LogP contribution is -2.66. The summed E-state index contributed by atoms with van der Waals surface area (Å²) in [5, 5.41) is 51.4. The van der Waals surface area contributed by atoms with Gasteiger partial charge in [0.1, 0.15) is 17.8 Å². The predicted octanol–water partition coefficient (Wildman–Crippen LogP) is 5.59. The summed E-state index contributed by atoms with van der Waals surface area (Å²) in [4.78, 5) is 14.9. The highest BCUT2D eigenvalue weighted by Crippen LogP contribution is 2.76. The van der Waals surface area contributed by atoms with Crippen LogP contribution in [0.3, 0.4) is 0 Å². The molecule has 14 atom stereocenters. The van der Waals surface area contributed by atoms with Gasteiger partial charge in [0.05, 0.1) is 29.7 Å². The molecule has 0 amide bonds. The second kappa shape index (κ2) is 12.9. The maximum Gasteiger partial charge on any atom is 0.162 e. The van der Waals surface area contributed by atoms with E-state index in [1.165, 1.54) is 12.8 Å².